The van der Waals surface area contributed by atoms with Crippen LogP contribution in [0.3, 0.4) is 0 Å². The number of hydrazone groups is 1. The first kappa shape index (κ1) is 16.3. The Balaban J connectivity index is 1.37. The second-order valence-electron chi connectivity index (χ2n) is 6.58. The average molecular weight is 350 g/mol. The second kappa shape index (κ2) is 7.38. The second-order valence-corrected chi connectivity index (χ2v) is 7.53. The minimum absolute atomic E-state index is 0.992. The first-order chi connectivity index (χ1) is 12.3. The van der Waals surface area contributed by atoms with Crippen LogP contribution in [0, 0.1) is 6.92 Å². The number of thiophene rings is 1. The number of aryl methyl sites for hydroxylation is 1. The van der Waals surface area contributed by atoms with Gasteiger partial charge < -0.3 is 0 Å². The Kier molecular flexibility index (Phi) is 4.81. The Bertz CT molecular complexity index is 870. The summed E-state index contributed by atoms with van der Waals surface area (Å²) in [5.41, 5.74) is 2.73. The zero-order valence-electron chi connectivity index (χ0n) is 14.6. The van der Waals surface area contributed by atoms with Crippen molar-refractivity contribution in [3.8, 4) is 0 Å². The largest absolute Gasteiger partial charge is 0.295 e. The van der Waals surface area contributed by atoms with Crippen LogP contribution in [-0.4, -0.2) is 42.3 Å². The van der Waals surface area contributed by atoms with E-state index in [9.17, 15) is 0 Å². The maximum Gasteiger partial charge on any atom is 0.0645 e. The highest BCUT2D eigenvalue weighted by molar-refractivity contribution is 7.11. The molecule has 3 aromatic rings. The van der Waals surface area contributed by atoms with Crippen molar-refractivity contribution in [1.82, 2.24) is 9.91 Å². The summed E-state index contributed by atoms with van der Waals surface area (Å²) in [4.78, 5) is 3.79. The molecule has 0 saturated carbocycles. The van der Waals surface area contributed by atoms with E-state index in [1.165, 1.54) is 26.8 Å². The molecule has 1 aromatic heterocycles. The molecule has 1 saturated heterocycles. The quantitative estimate of drug-likeness (QED) is 0.652. The van der Waals surface area contributed by atoms with Crippen molar-refractivity contribution in [2.75, 3.05) is 26.2 Å². The molecule has 25 heavy (non-hydrogen) atoms. The molecule has 0 atom stereocenters. The summed E-state index contributed by atoms with van der Waals surface area (Å²) in [5.74, 6) is 0. The molecule has 2 heterocycles. The third-order valence-corrected chi connectivity index (χ3v) is 5.82. The van der Waals surface area contributed by atoms with Crippen LogP contribution in [0.5, 0.6) is 0 Å². The lowest BCUT2D eigenvalue weighted by atomic mass is 10.0. The Morgan fingerprint density at radius 3 is 2.60 bits per heavy atom. The third kappa shape index (κ3) is 3.75. The molecule has 0 N–H and O–H groups in total. The van der Waals surface area contributed by atoms with E-state index >= 15 is 0 Å². The molecular formula is C21H23N3S. The van der Waals surface area contributed by atoms with E-state index in [0.717, 1.165) is 32.7 Å². The Morgan fingerprint density at radius 1 is 1.00 bits per heavy atom. The van der Waals surface area contributed by atoms with Crippen molar-refractivity contribution in [3.63, 3.8) is 0 Å². The predicted octanol–water partition coefficient (Wildman–Crippen LogP) is 4.36. The number of rotatable bonds is 4. The van der Waals surface area contributed by atoms with Gasteiger partial charge >= 0.3 is 0 Å². The number of hydrogen-bond donors (Lipinski definition) is 0. The van der Waals surface area contributed by atoms with E-state index in [4.69, 9.17) is 0 Å². The minimum atomic E-state index is 0.992. The lowest BCUT2D eigenvalue weighted by Crippen LogP contribution is -2.43. The van der Waals surface area contributed by atoms with Gasteiger partial charge in [-0.25, -0.2) is 0 Å². The predicted molar refractivity (Wildman–Crippen MR) is 107 cm³/mol. The van der Waals surface area contributed by atoms with Crippen LogP contribution >= 0.6 is 11.3 Å². The van der Waals surface area contributed by atoms with Crippen LogP contribution in [0.15, 0.2) is 59.0 Å². The first-order valence-corrected chi connectivity index (χ1v) is 9.69. The van der Waals surface area contributed by atoms with Gasteiger partial charge in [-0.1, -0.05) is 42.5 Å². The summed E-state index contributed by atoms with van der Waals surface area (Å²) >= 11 is 1.76. The first-order valence-electron chi connectivity index (χ1n) is 8.81. The SMILES string of the molecule is Cc1ccsc1C=NN1CCN(Cc2cccc3ccccc23)CC1. The Hall–Kier alpha value is -2.17. The van der Waals surface area contributed by atoms with E-state index in [2.05, 4.69) is 75.8 Å². The number of benzene rings is 2. The molecule has 1 fully saturated rings. The average Bonchev–Trinajstić information content (AvgIpc) is 3.06. The molecule has 1 aliphatic heterocycles. The molecule has 0 unspecified atom stereocenters. The highest BCUT2D eigenvalue weighted by Gasteiger charge is 2.16. The molecule has 3 nitrogen and oxygen atoms in total. The lowest BCUT2D eigenvalue weighted by molar-refractivity contribution is 0.131. The van der Waals surface area contributed by atoms with Crippen molar-refractivity contribution in [2.45, 2.75) is 13.5 Å². The maximum atomic E-state index is 4.67. The van der Waals surface area contributed by atoms with Crippen molar-refractivity contribution >= 4 is 28.3 Å². The van der Waals surface area contributed by atoms with Crippen LogP contribution in [0.25, 0.3) is 10.8 Å². The van der Waals surface area contributed by atoms with Gasteiger partial charge in [0.2, 0.25) is 0 Å². The van der Waals surface area contributed by atoms with Crippen molar-refractivity contribution in [2.24, 2.45) is 5.10 Å². The van der Waals surface area contributed by atoms with Gasteiger partial charge in [-0.2, -0.15) is 5.10 Å². The number of nitrogens with zero attached hydrogens (tertiary/aromatic N) is 3. The molecule has 0 spiro atoms. The maximum absolute atomic E-state index is 4.67. The smallest absolute Gasteiger partial charge is 0.0645 e. The van der Waals surface area contributed by atoms with Crippen molar-refractivity contribution in [1.29, 1.82) is 0 Å². The summed E-state index contributed by atoms with van der Waals surface area (Å²) in [6.07, 6.45) is 2.01. The van der Waals surface area contributed by atoms with Gasteiger partial charge in [0.05, 0.1) is 6.21 Å². The van der Waals surface area contributed by atoms with E-state index < -0.39 is 0 Å². The van der Waals surface area contributed by atoms with E-state index in [-0.39, 0.29) is 0 Å². The Labute approximate surface area is 153 Å². The summed E-state index contributed by atoms with van der Waals surface area (Å²) in [5, 5.41) is 11.7. The highest BCUT2D eigenvalue weighted by atomic mass is 32.1. The molecule has 4 heteroatoms. The van der Waals surface area contributed by atoms with Crippen LogP contribution in [0.1, 0.15) is 16.0 Å². The molecule has 0 bridgehead atoms. The fourth-order valence-electron chi connectivity index (χ4n) is 3.33. The van der Waals surface area contributed by atoms with Gasteiger partial charge in [0, 0.05) is 37.6 Å². The normalized spacial score (nSPS) is 16.1. The van der Waals surface area contributed by atoms with Gasteiger partial charge in [0.25, 0.3) is 0 Å². The molecular weight excluding hydrogens is 326 g/mol. The van der Waals surface area contributed by atoms with Gasteiger partial charge in [0.1, 0.15) is 0 Å². The molecule has 4 rings (SSSR count). The van der Waals surface area contributed by atoms with E-state index in [0.29, 0.717) is 0 Å². The number of hydrogen-bond acceptors (Lipinski definition) is 4. The molecule has 0 aliphatic carbocycles. The molecule has 0 amide bonds. The van der Waals surface area contributed by atoms with Gasteiger partial charge in [0.15, 0.2) is 0 Å². The lowest BCUT2D eigenvalue weighted by Gasteiger charge is -2.33. The van der Waals surface area contributed by atoms with Crippen LogP contribution in [0.4, 0.5) is 0 Å². The zero-order valence-corrected chi connectivity index (χ0v) is 15.4. The zero-order chi connectivity index (χ0) is 17.1. The van der Waals surface area contributed by atoms with E-state index in [1.54, 1.807) is 11.3 Å². The summed E-state index contributed by atoms with van der Waals surface area (Å²) < 4.78 is 0. The molecule has 1 aliphatic rings. The van der Waals surface area contributed by atoms with Crippen molar-refractivity contribution < 1.29 is 0 Å². The van der Waals surface area contributed by atoms with Gasteiger partial charge in [-0.05, 0) is 40.3 Å². The molecule has 128 valence electrons. The number of fused-ring (bicyclic) bond motifs is 1. The topological polar surface area (TPSA) is 18.8 Å². The third-order valence-electron chi connectivity index (χ3n) is 4.86. The molecule has 0 radical (unpaired) electrons. The van der Waals surface area contributed by atoms with Crippen LogP contribution < -0.4 is 0 Å². The standard InChI is InChI=1S/C21H23N3S/c1-17-9-14-25-21(17)15-22-24-12-10-23(11-13-24)16-19-7-4-6-18-5-2-3-8-20(18)19/h2-9,14-15H,10-13,16H2,1H3. The summed E-state index contributed by atoms with van der Waals surface area (Å²) in [6.45, 7) is 7.26. The minimum Gasteiger partial charge on any atom is -0.295 e. The van der Waals surface area contributed by atoms with Crippen molar-refractivity contribution in [3.05, 3.63) is 69.9 Å². The summed E-state index contributed by atoms with van der Waals surface area (Å²) in [6, 6.07) is 17.4. The highest BCUT2D eigenvalue weighted by Crippen LogP contribution is 2.20. The van der Waals surface area contributed by atoms with Crippen LogP contribution in [-0.2, 0) is 6.54 Å². The fourth-order valence-corrected chi connectivity index (χ4v) is 4.11. The van der Waals surface area contributed by atoms with Gasteiger partial charge in [-0.15, -0.1) is 11.3 Å². The molecule has 2 aromatic carbocycles. The van der Waals surface area contributed by atoms with E-state index in [1.807, 2.05) is 6.21 Å². The summed E-state index contributed by atoms with van der Waals surface area (Å²) in [7, 11) is 0. The van der Waals surface area contributed by atoms with Gasteiger partial charge in [-0.3, -0.25) is 9.91 Å². The Morgan fingerprint density at radius 2 is 1.80 bits per heavy atom. The number of piperazine rings is 1. The van der Waals surface area contributed by atoms with Crippen LogP contribution in [0.2, 0.25) is 0 Å². The fraction of sp³-hybridized carbons (Fsp3) is 0.286. The monoisotopic (exact) mass is 349 g/mol.